The van der Waals surface area contributed by atoms with Crippen LogP contribution in [0.1, 0.15) is 30.9 Å². The number of likely N-dealkylation sites (N-methyl/N-ethyl adjacent to an activating group) is 1. The van der Waals surface area contributed by atoms with Crippen LogP contribution in [0.4, 0.5) is 0 Å². The van der Waals surface area contributed by atoms with Gasteiger partial charge in [-0.25, -0.2) is 0 Å². The van der Waals surface area contributed by atoms with Crippen molar-refractivity contribution in [2.45, 2.75) is 31.4 Å². The Bertz CT molecular complexity index is 376. The highest BCUT2D eigenvalue weighted by Crippen LogP contribution is 2.18. The first-order valence-corrected chi connectivity index (χ1v) is 7.75. The van der Waals surface area contributed by atoms with Crippen LogP contribution in [0.3, 0.4) is 0 Å². The molecule has 1 saturated heterocycles. The van der Waals surface area contributed by atoms with Crippen molar-refractivity contribution in [3.8, 4) is 0 Å². The summed E-state index contributed by atoms with van der Waals surface area (Å²) in [6.45, 7) is 2.96. The minimum atomic E-state index is 0.111. The van der Waals surface area contributed by atoms with E-state index >= 15 is 0 Å². The second-order valence-electron chi connectivity index (χ2n) is 5.34. The summed E-state index contributed by atoms with van der Waals surface area (Å²) in [5, 5.41) is 0. The lowest BCUT2D eigenvalue weighted by Gasteiger charge is -2.22. The summed E-state index contributed by atoms with van der Waals surface area (Å²) in [4.78, 5) is 2.33. The molecule has 1 heterocycles. The van der Waals surface area contributed by atoms with Gasteiger partial charge in [0.2, 0.25) is 0 Å². The number of nitrogens with two attached hydrogens (primary N) is 1. The van der Waals surface area contributed by atoms with Gasteiger partial charge in [0.25, 0.3) is 0 Å². The summed E-state index contributed by atoms with van der Waals surface area (Å²) in [5.41, 5.74) is 7.43. The zero-order valence-corrected chi connectivity index (χ0v) is 13.1. The molecule has 0 amide bonds. The average molecular weight is 327 g/mol. The van der Waals surface area contributed by atoms with Crippen molar-refractivity contribution in [1.29, 1.82) is 0 Å². The van der Waals surface area contributed by atoms with Crippen molar-refractivity contribution < 1.29 is 4.74 Å². The van der Waals surface area contributed by atoms with E-state index in [-0.39, 0.29) is 6.04 Å². The summed E-state index contributed by atoms with van der Waals surface area (Å²) in [7, 11) is 2.15. The minimum Gasteiger partial charge on any atom is -0.377 e. The van der Waals surface area contributed by atoms with E-state index < -0.39 is 0 Å². The fourth-order valence-corrected chi connectivity index (χ4v) is 2.73. The predicted octanol–water partition coefficient (Wildman–Crippen LogP) is 2.95. The number of nitrogens with zero attached hydrogens (tertiary/aromatic N) is 1. The molecule has 1 aliphatic rings. The van der Waals surface area contributed by atoms with Crippen LogP contribution in [0.2, 0.25) is 0 Å². The van der Waals surface area contributed by atoms with Crippen LogP contribution in [-0.2, 0) is 4.74 Å². The van der Waals surface area contributed by atoms with Crippen LogP contribution in [0.5, 0.6) is 0 Å². The van der Waals surface area contributed by atoms with Gasteiger partial charge in [0.05, 0.1) is 6.10 Å². The molecule has 0 bridgehead atoms. The van der Waals surface area contributed by atoms with Crippen molar-refractivity contribution in [2.24, 2.45) is 5.73 Å². The normalized spacial score (nSPS) is 20.9. The molecule has 2 N–H and O–H groups in total. The van der Waals surface area contributed by atoms with Gasteiger partial charge in [0.15, 0.2) is 0 Å². The fourth-order valence-electron chi connectivity index (χ4n) is 2.46. The Morgan fingerprint density at radius 3 is 2.79 bits per heavy atom. The van der Waals surface area contributed by atoms with Crippen LogP contribution in [-0.4, -0.2) is 37.7 Å². The van der Waals surface area contributed by atoms with E-state index in [1.807, 2.05) is 12.1 Å². The summed E-state index contributed by atoms with van der Waals surface area (Å²) in [6, 6.07) is 8.39. The second kappa shape index (κ2) is 7.39. The van der Waals surface area contributed by atoms with Gasteiger partial charge in [-0.3, -0.25) is 0 Å². The lowest BCUT2D eigenvalue weighted by molar-refractivity contribution is 0.0804. The second-order valence-corrected chi connectivity index (χ2v) is 6.26. The first kappa shape index (κ1) is 15.0. The summed E-state index contributed by atoms with van der Waals surface area (Å²) in [6.07, 6.45) is 3.80. The molecule has 1 fully saturated rings. The van der Waals surface area contributed by atoms with Crippen LogP contribution in [0.15, 0.2) is 28.7 Å². The van der Waals surface area contributed by atoms with Crippen LogP contribution in [0.25, 0.3) is 0 Å². The van der Waals surface area contributed by atoms with E-state index in [0.29, 0.717) is 6.10 Å². The lowest BCUT2D eigenvalue weighted by atomic mass is 10.0. The van der Waals surface area contributed by atoms with Gasteiger partial charge in [-0.2, -0.15) is 0 Å². The molecule has 4 heteroatoms. The summed E-state index contributed by atoms with van der Waals surface area (Å²) in [5.74, 6) is 0. The van der Waals surface area contributed by atoms with E-state index in [9.17, 15) is 0 Å². The standard InChI is InChI=1S/C15H23BrN2O/c1-18(11-14-3-2-10-19-14)9-8-15(17)12-4-6-13(16)7-5-12/h4-7,14-15H,2-3,8-11,17H2,1H3. The molecule has 2 unspecified atom stereocenters. The molecule has 1 aliphatic heterocycles. The Labute approximate surface area is 124 Å². The Hall–Kier alpha value is -0.420. The topological polar surface area (TPSA) is 38.5 Å². The molecule has 0 saturated carbocycles. The zero-order valence-electron chi connectivity index (χ0n) is 11.5. The van der Waals surface area contributed by atoms with Crippen molar-refractivity contribution in [1.82, 2.24) is 4.90 Å². The van der Waals surface area contributed by atoms with Crippen LogP contribution >= 0.6 is 15.9 Å². The van der Waals surface area contributed by atoms with Crippen molar-refractivity contribution in [2.75, 3.05) is 26.7 Å². The van der Waals surface area contributed by atoms with Gasteiger partial charge in [-0.1, -0.05) is 28.1 Å². The van der Waals surface area contributed by atoms with Gasteiger partial charge < -0.3 is 15.4 Å². The van der Waals surface area contributed by atoms with E-state index in [1.165, 1.54) is 18.4 Å². The minimum absolute atomic E-state index is 0.111. The molecular formula is C15H23BrN2O. The van der Waals surface area contributed by atoms with Gasteiger partial charge in [-0.05, 0) is 50.6 Å². The largest absolute Gasteiger partial charge is 0.377 e. The zero-order chi connectivity index (χ0) is 13.7. The number of ether oxygens (including phenoxy) is 1. The van der Waals surface area contributed by atoms with E-state index in [4.69, 9.17) is 10.5 Å². The molecular weight excluding hydrogens is 304 g/mol. The van der Waals surface area contributed by atoms with Gasteiger partial charge >= 0.3 is 0 Å². The summed E-state index contributed by atoms with van der Waals surface area (Å²) < 4.78 is 6.75. The van der Waals surface area contributed by atoms with Gasteiger partial charge in [0, 0.05) is 23.7 Å². The highest BCUT2D eigenvalue weighted by molar-refractivity contribution is 9.10. The maximum atomic E-state index is 6.23. The molecule has 106 valence electrons. The Morgan fingerprint density at radius 1 is 1.42 bits per heavy atom. The van der Waals surface area contributed by atoms with E-state index in [1.54, 1.807) is 0 Å². The first-order valence-electron chi connectivity index (χ1n) is 6.96. The third-order valence-electron chi connectivity index (χ3n) is 3.66. The number of hydrogen-bond donors (Lipinski definition) is 1. The van der Waals surface area contributed by atoms with E-state index in [2.05, 4.69) is 40.0 Å². The molecule has 1 aromatic carbocycles. The number of halogens is 1. The average Bonchev–Trinajstić information content (AvgIpc) is 2.89. The molecule has 0 spiro atoms. The van der Waals surface area contributed by atoms with Crippen molar-refractivity contribution in [3.05, 3.63) is 34.3 Å². The van der Waals surface area contributed by atoms with Crippen molar-refractivity contribution >= 4 is 15.9 Å². The van der Waals surface area contributed by atoms with E-state index in [0.717, 1.165) is 30.6 Å². The summed E-state index contributed by atoms with van der Waals surface area (Å²) >= 11 is 3.44. The monoisotopic (exact) mass is 326 g/mol. The number of hydrogen-bond acceptors (Lipinski definition) is 3. The highest BCUT2D eigenvalue weighted by Gasteiger charge is 2.17. The van der Waals surface area contributed by atoms with Gasteiger partial charge in [-0.15, -0.1) is 0 Å². The molecule has 2 atom stereocenters. The molecule has 19 heavy (non-hydrogen) atoms. The lowest BCUT2D eigenvalue weighted by Crippen LogP contribution is -2.31. The predicted molar refractivity (Wildman–Crippen MR) is 82.2 cm³/mol. The third-order valence-corrected chi connectivity index (χ3v) is 4.19. The Kier molecular flexibility index (Phi) is 5.82. The molecule has 0 radical (unpaired) electrons. The third kappa shape index (κ3) is 4.88. The molecule has 2 rings (SSSR count). The maximum absolute atomic E-state index is 6.23. The molecule has 1 aromatic rings. The molecule has 3 nitrogen and oxygen atoms in total. The number of rotatable bonds is 6. The fraction of sp³-hybridized carbons (Fsp3) is 0.600. The maximum Gasteiger partial charge on any atom is 0.0702 e. The first-order chi connectivity index (χ1) is 9.15. The Balaban J connectivity index is 1.73. The quantitative estimate of drug-likeness (QED) is 0.873. The smallest absolute Gasteiger partial charge is 0.0702 e. The van der Waals surface area contributed by atoms with Gasteiger partial charge in [0.1, 0.15) is 0 Å². The van der Waals surface area contributed by atoms with Crippen molar-refractivity contribution in [3.63, 3.8) is 0 Å². The number of benzene rings is 1. The highest BCUT2D eigenvalue weighted by atomic mass is 79.9. The SMILES string of the molecule is CN(CCC(N)c1ccc(Br)cc1)CC1CCCO1. The van der Waals surface area contributed by atoms with Crippen LogP contribution < -0.4 is 5.73 Å². The molecule has 0 aromatic heterocycles. The Morgan fingerprint density at radius 2 is 2.16 bits per heavy atom. The molecule has 0 aliphatic carbocycles. The van der Waals surface area contributed by atoms with Crippen LogP contribution in [0, 0.1) is 0 Å².